The standard InChI is InChI=1S/C14H16N2OS/c1-5-6-16-12-8-9(2)7-10(3)13(12)18-14(16)15-11(4)17/h5,7-8H,1,6H2,2-4H3. The van der Waals surface area contributed by atoms with Crippen LogP contribution < -0.4 is 4.80 Å². The fourth-order valence-electron chi connectivity index (χ4n) is 2.04. The Labute approximate surface area is 110 Å². The number of benzene rings is 1. The first-order chi connectivity index (χ1) is 8.52. The van der Waals surface area contributed by atoms with Gasteiger partial charge in [0.15, 0.2) is 4.80 Å². The van der Waals surface area contributed by atoms with Crippen LogP contribution in [0.1, 0.15) is 18.1 Å². The summed E-state index contributed by atoms with van der Waals surface area (Å²) in [4.78, 5) is 16.0. The number of nitrogens with zero attached hydrogens (tertiary/aromatic N) is 2. The fraction of sp³-hybridized carbons (Fsp3) is 0.286. The molecular formula is C14H16N2OS. The van der Waals surface area contributed by atoms with Gasteiger partial charge in [-0.15, -0.1) is 6.58 Å². The second-order valence-electron chi connectivity index (χ2n) is 4.34. The minimum atomic E-state index is -0.172. The van der Waals surface area contributed by atoms with Gasteiger partial charge in [0.25, 0.3) is 0 Å². The van der Waals surface area contributed by atoms with Crippen LogP contribution in [0.2, 0.25) is 0 Å². The molecule has 2 aromatic rings. The summed E-state index contributed by atoms with van der Waals surface area (Å²) in [5.74, 6) is -0.172. The van der Waals surface area contributed by atoms with E-state index in [1.807, 2.05) is 10.6 Å². The Morgan fingerprint density at radius 3 is 2.83 bits per heavy atom. The molecule has 0 saturated heterocycles. The van der Waals surface area contributed by atoms with Crippen molar-refractivity contribution >= 4 is 27.5 Å². The number of amides is 1. The first-order valence-electron chi connectivity index (χ1n) is 5.79. The lowest BCUT2D eigenvalue weighted by atomic mass is 10.1. The number of carbonyl (C=O) groups excluding carboxylic acids is 1. The zero-order valence-corrected chi connectivity index (χ0v) is 11.7. The van der Waals surface area contributed by atoms with Crippen molar-refractivity contribution in [1.29, 1.82) is 0 Å². The van der Waals surface area contributed by atoms with Crippen molar-refractivity contribution in [1.82, 2.24) is 4.57 Å². The Balaban J connectivity index is 2.87. The Hall–Kier alpha value is -1.68. The van der Waals surface area contributed by atoms with E-state index in [-0.39, 0.29) is 5.91 Å². The molecule has 1 aromatic heterocycles. The van der Waals surface area contributed by atoms with Crippen LogP contribution in [0.15, 0.2) is 29.8 Å². The molecule has 94 valence electrons. The summed E-state index contributed by atoms with van der Waals surface area (Å²) in [6.07, 6.45) is 1.82. The summed E-state index contributed by atoms with van der Waals surface area (Å²) in [6.45, 7) is 10.1. The normalized spacial score (nSPS) is 12.1. The van der Waals surface area contributed by atoms with Gasteiger partial charge in [0.2, 0.25) is 5.91 Å². The predicted molar refractivity (Wildman–Crippen MR) is 75.7 cm³/mol. The van der Waals surface area contributed by atoms with Crippen molar-refractivity contribution in [2.45, 2.75) is 27.3 Å². The van der Waals surface area contributed by atoms with Crippen LogP contribution in [0, 0.1) is 13.8 Å². The number of rotatable bonds is 2. The molecule has 18 heavy (non-hydrogen) atoms. The molecule has 0 unspecified atom stereocenters. The molecule has 0 aliphatic heterocycles. The zero-order valence-electron chi connectivity index (χ0n) is 10.9. The molecule has 0 saturated carbocycles. The summed E-state index contributed by atoms with van der Waals surface area (Å²) in [5.41, 5.74) is 3.56. The van der Waals surface area contributed by atoms with Crippen molar-refractivity contribution in [3.63, 3.8) is 0 Å². The van der Waals surface area contributed by atoms with E-state index in [0.29, 0.717) is 6.54 Å². The number of allylic oxidation sites excluding steroid dienone is 1. The summed E-state index contributed by atoms with van der Waals surface area (Å²) in [7, 11) is 0. The van der Waals surface area contributed by atoms with E-state index in [9.17, 15) is 4.79 Å². The summed E-state index contributed by atoms with van der Waals surface area (Å²) < 4.78 is 3.22. The smallest absolute Gasteiger partial charge is 0.245 e. The van der Waals surface area contributed by atoms with Crippen LogP contribution in [0.25, 0.3) is 10.2 Å². The van der Waals surface area contributed by atoms with E-state index >= 15 is 0 Å². The summed E-state index contributed by atoms with van der Waals surface area (Å²) in [6, 6.07) is 4.27. The molecule has 1 aromatic carbocycles. The van der Waals surface area contributed by atoms with Gasteiger partial charge in [-0.3, -0.25) is 4.79 Å². The van der Waals surface area contributed by atoms with Crippen molar-refractivity contribution in [3.8, 4) is 0 Å². The highest BCUT2D eigenvalue weighted by Crippen LogP contribution is 2.23. The number of carbonyl (C=O) groups is 1. The topological polar surface area (TPSA) is 34.4 Å². The summed E-state index contributed by atoms with van der Waals surface area (Å²) in [5, 5.41) is 0. The molecule has 4 heteroatoms. The minimum absolute atomic E-state index is 0.172. The average Bonchev–Trinajstić information content (AvgIpc) is 2.58. The molecule has 0 radical (unpaired) electrons. The van der Waals surface area contributed by atoms with E-state index in [2.05, 4.69) is 37.6 Å². The Morgan fingerprint density at radius 2 is 2.22 bits per heavy atom. The van der Waals surface area contributed by atoms with Gasteiger partial charge in [-0.2, -0.15) is 4.99 Å². The summed E-state index contributed by atoms with van der Waals surface area (Å²) >= 11 is 1.56. The first-order valence-corrected chi connectivity index (χ1v) is 6.61. The van der Waals surface area contributed by atoms with Crippen molar-refractivity contribution in [2.24, 2.45) is 4.99 Å². The Kier molecular flexibility index (Phi) is 3.48. The second-order valence-corrected chi connectivity index (χ2v) is 5.32. The zero-order chi connectivity index (χ0) is 13.3. The van der Waals surface area contributed by atoms with Crippen molar-refractivity contribution in [3.05, 3.63) is 40.7 Å². The van der Waals surface area contributed by atoms with Crippen LogP contribution in [-0.2, 0) is 11.3 Å². The maximum Gasteiger partial charge on any atom is 0.245 e. The highest BCUT2D eigenvalue weighted by atomic mass is 32.1. The van der Waals surface area contributed by atoms with Gasteiger partial charge >= 0.3 is 0 Å². The van der Waals surface area contributed by atoms with Crippen molar-refractivity contribution in [2.75, 3.05) is 0 Å². The highest BCUT2D eigenvalue weighted by molar-refractivity contribution is 7.16. The third-order valence-corrected chi connectivity index (χ3v) is 3.91. The van der Waals surface area contributed by atoms with Crippen LogP contribution >= 0.6 is 11.3 Å². The second kappa shape index (κ2) is 4.90. The Morgan fingerprint density at radius 1 is 1.50 bits per heavy atom. The van der Waals surface area contributed by atoms with Crippen LogP contribution in [0.5, 0.6) is 0 Å². The SMILES string of the molecule is C=CCn1c(=NC(C)=O)sc2c(C)cc(C)cc21. The first kappa shape index (κ1) is 12.8. The Bertz CT molecular complexity index is 692. The third-order valence-electron chi connectivity index (χ3n) is 2.68. The average molecular weight is 260 g/mol. The third kappa shape index (κ3) is 2.29. The molecule has 1 amide bonds. The maximum absolute atomic E-state index is 11.2. The van der Waals surface area contributed by atoms with E-state index in [0.717, 1.165) is 10.3 Å². The van der Waals surface area contributed by atoms with Crippen LogP contribution in [-0.4, -0.2) is 10.5 Å². The number of aromatic nitrogens is 1. The number of hydrogen-bond donors (Lipinski definition) is 0. The quantitative estimate of drug-likeness (QED) is 0.764. The monoisotopic (exact) mass is 260 g/mol. The molecule has 1 heterocycles. The van der Waals surface area contributed by atoms with Gasteiger partial charge in [0.05, 0.1) is 10.2 Å². The van der Waals surface area contributed by atoms with Gasteiger partial charge in [-0.05, 0) is 31.0 Å². The fourth-order valence-corrected chi connectivity index (χ4v) is 3.17. The van der Waals surface area contributed by atoms with E-state index < -0.39 is 0 Å². The van der Waals surface area contributed by atoms with Gasteiger partial charge in [0, 0.05) is 13.5 Å². The molecular weight excluding hydrogens is 244 g/mol. The molecule has 2 rings (SSSR count). The number of fused-ring (bicyclic) bond motifs is 1. The lowest BCUT2D eigenvalue weighted by Crippen LogP contribution is -2.15. The van der Waals surface area contributed by atoms with E-state index in [1.165, 1.54) is 22.8 Å². The van der Waals surface area contributed by atoms with Crippen LogP contribution in [0.4, 0.5) is 0 Å². The van der Waals surface area contributed by atoms with Crippen molar-refractivity contribution < 1.29 is 4.79 Å². The molecule has 3 nitrogen and oxygen atoms in total. The van der Waals surface area contributed by atoms with E-state index in [1.54, 1.807) is 11.3 Å². The molecule has 0 bridgehead atoms. The molecule has 0 N–H and O–H groups in total. The highest BCUT2D eigenvalue weighted by Gasteiger charge is 2.08. The number of hydrogen-bond acceptors (Lipinski definition) is 2. The van der Waals surface area contributed by atoms with Crippen LogP contribution in [0.3, 0.4) is 0 Å². The van der Waals surface area contributed by atoms with Gasteiger partial charge in [-0.25, -0.2) is 0 Å². The van der Waals surface area contributed by atoms with Gasteiger partial charge in [0.1, 0.15) is 0 Å². The molecule has 0 atom stereocenters. The molecule has 0 spiro atoms. The predicted octanol–water partition coefficient (Wildman–Crippen LogP) is 2.95. The lowest BCUT2D eigenvalue weighted by Gasteiger charge is -2.03. The number of aryl methyl sites for hydroxylation is 2. The number of thiazole rings is 1. The largest absolute Gasteiger partial charge is 0.312 e. The minimum Gasteiger partial charge on any atom is -0.312 e. The maximum atomic E-state index is 11.2. The molecule has 0 aliphatic rings. The molecule has 0 aliphatic carbocycles. The van der Waals surface area contributed by atoms with E-state index in [4.69, 9.17) is 0 Å². The van der Waals surface area contributed by atoms with Gasteiger partial charge in [-0.1, -0.05) is 23.5 Å². The molecule has 0 fully saturated rings. The lowest BCUT2D eigenvalue weighted by molar-refractivity contribution is -0.116. The van der Waals surface area contributed by atoms with Gasteiger partial charge < -0.3 is 4.57 Å².